The van der Waals surface area contributed by atoms with Crippen molar-refractivity contribution < 1.29 is 23.8 Å². The van der Waals surface area contributed by atoms with E-state index in [9.17, 15) is 9.18 Å². The van der Waals surface area contributed by atoms with Crippen LogP contribution in [0.5, 0.6) is 11.5 Å². The molecule has 0 bridgehead atoms. The third-order valence-electron chi connectivity index (χ3n) is 2.53. The minimum Gasteiger partial charge on any atom is -0.493 e. The standard InChI is InChI=1S/C14H19FO4/c1-9(2)19-13-7-10(5-4-6-14(16)17)11(15)8-12(13)18-3/h7-9H,4-6H2,1-3H3,(H,16,17). The highest BCUT2D eigenvalue weighted by atomic mass is 19.1. The number of hydrogen-bond donors (Lipinski definition) is 1. The summed E-state index contributed by atoms with van der Waals surface area (Å²) in [4.78, 5) is 10.4. The van der Waals surface area contributed by atoms with E-state index in [1.807, 2.05) is 13.8 Å². The van der Waals surface area contributed by atoms with Crippen molar-refractivity contribution in [1.29, 1.82) is 0 Å². The van der Waals surface area contributed by atoms with Crippen LogP contribution in [0.25, 0.3) is 0 Å². The number of carboxylic acids is 1. The van der Waals surface area contributed by atoms with Crippen molar-refractivity contribution in [1.82, 2.24) is 0 Å². The molecular formula is C14H19FO4. The van der Waals surface area contributed by atoms with Gasteiger partial charge in [-0.05, 0) is 38.3 Å². The van der Waals surface area contributed by atoms with Gasteiger partial charge in [0.1, 0.15) is 5.82 Å². The third-order valence-corrected chi connectivity index (χ3v) is 2.53. The SMILES string of the molecule is COc1cc(F)c(CCCC(=O)O)cc1OC(C)C. The first kappa shape index (κ1) is 15.3. The lowest BCUT2D eigenvalue weighted by Crippen LogP contribution is -2.08. The fraction of sp³-hybridized carbons (Fsp3) is 0.500. The van der Waals surface area contributed by atoms with Gasteiger partial charge in [-0.25, -0.2) is 4.39 Å². The van der Waals surface area contributed by atoms with Gasteiger partial charge in [0.2, 0.25) is 0 Å². The summed E-state index contributed by atoms with van der Waals surface area (Å²) >= 11 is 0. The van der Waals surface area contributed by atoms with Crippen LogP contribution >= 0.6 is 0 Å². The Balaban J connectivity index is 2.88. The molecule has 1 aromatic carbocycles. The number of benzene rings is 1. The molecule has 0 amide bonds. The fourth-order valence-electron chi connectivity index (χ4n) is 1.70. The van der Waals surface area contributed by atoms with Crippen LogP contribution in [0, 0.1) is 5.82 Å². The summed E-state index contributed by atoms with van der Waals surface area (Å²) in [6.07, 6.45) is 0.716. The summed E-state index contributed by atoms with van der Waals surface area (Å²) in [5, 5.41) is 8.58. The molecule has 0 aliphatic heterocycles. The number of carbonyl (C=O) groups is 1. The van der Waals surface area contributed by atoms with Crippen molar-refractivity contribution in [3.8, 4) is 11.5 Å². The quantitative estimate of drug-likeness (QED) is 0.827. The first-order valence-electron chi connectivity index (χ1n) is 6.19. The number of aryl methyl sites for hydroxylation is 1. The van der Waals surface area contributed by atoms with Gasteiger partial charge in [-0.1, -0.05) is 0 Å². The van der Waals surface area contributed by atoms with Crippen LogP contribution in [0.2, 0.25) is 0 Å². The Morgan fingerprint density at radius 2 is 2.05 bits per heavy atom. The van der Waals surface area contributed by atoms with E-state index in [1.165, 1.54) is 13.2 Å². The molecule has 1 aromatic rings. The van der Waals surface area contributed by atoms with Crippen LogP contribution in [0.4, 0.5) is 4.39 Å². The Labute approximate surface area is 112 Å². The Morgan fingerprint density at radius 1 is 1.37 bits per heavy atom. The molecule has 0 radical (unpaired) electrons. The first-order valence-corrected chi connectivity index (χ1v) is 6.19. The number of halogens is 1. The molecular weight excluding hydrogens is 251 g/mol. The zero-order chi connectivity index (χ0) is 14.4. The molecule has 0 saturated carbocycles. The minimum atomic E-state index is -0.882. The number of rotatable bonds is 7. The molecule has 0 atom stereocenters. The summed E-state index contributed by atoms with van der Waals surface area (Å²) in [5.74, 6) is -0.469. The van der Waals surface area contributed by atoms with Crippen molar-refractivity contribution in [2.45, 2.75) is 39.2 Å². The van der Waals surface area contributed by atoms with Gasteiger partial charge in [0.25, 0.3) is 0 Å². The summed E-state index contributed by atoms with van der Waals surface area (Å²) in [6.45, 7) is 3.74. The molecule has 0 aliphatic rings. The van der Waals surface area contributed by atoms with E-state index >= 15 is 0 Å². The van der Waals surface area contributed by atoms with E-state index in [1.54, 1.807) is 6.07 Å². The van der Waals surface area contributed by atoms with Gasteiger partial charge < -0.3 is 14.6 Å². The van der Waals surface area contributed by atoms with Crippen LogP contribution in [-0.4, -0.2) is 24.3 Å². The molecule has 0 spiro atoms. The number of methoxy groups -OCH3 is 1. The molecule has 4 nitrogen and oxygen atoms in total. The van der Waals surface area contributed by atoms with E-state index in [4.69, 9.17) is 14.6 Å². The van der Waals surface area contributed by atoms with Gasteiger partial charge in [0.05, 0.1) is 13.2 Å². The summed E-state index contributed by atoms with van der Waals surface area (Å²) in [5.41, 5.74) is 0.442. The summed E-state index contributed by atoms with van der Waals surface area (Å²) in [7, 11) is 1.45. The Bertz CT molecular complexity index is 443. The molecule has 0 fully saturated rings. The lowest BCUT2D eigenvalue weighted by molar-refractivity contribution is -0.137. The van der Waals surface area contributed by atoms with E-state index < -0.39 is 11.8 Å². The van der Waals surface area contributed by atoms with Crippen molar-refractivity contribution in [3.05, 3.63) is 23.5 Å². The zero-order valence-electron chi connectivity index (χ0n) is 11.4. The third kappa shape index (κ3) is 4.77. The summed E-state index contributed by atoms with van der Waals surface area (Å²) < 4.78 is 24.4. The number of aliphatic carboxylic acids is 1. The van der Waals surface area contributed by atoms with E-state index in [0.29, 0.717) is 29.9 Å². The predicted molar refractivity (Wildman–Crippen MR) is 69.3 cm³/mol. The molecule has 19 heavy (non-hydrogen) atoms. The Hall–Kier alpha value is -1.78. The largest absolute Gasteiger partial charge is 0.493 e. The minimum absolute atomic E-state index is 0.0197. The molecule has 106 valence electrons. The lowest BCUT2D eigenvalue weighted by atomic mass is 10.1. The number of ether oxygens (including phenoxy) is 2. The van der Waals surface area contributed by atoms with Crippen molar-refractivity contribution in [2.24, 2.45) is 0 Å². The van der Waals surface area contributed by atoms with Gasteiger partial charge in [-0.3, -0.25) is 4.79 Å². The lowest BCUT2D eigenvalue weighted by Gasteiger charge is -2.15. The van der Waals surface area contributed by atoms with Gasteiger partial charge in [0, 0.05) is 12.5 Å². The second-order valence-electron chi connectivity index (χ2n) is 4.51. The molecule has 0 unspecified atom stereocenters. The highest BCUT2D eigenvalue weighted by molar-refractivity contribution is 5.66. The highest BCUT2D eigenvalue weighted by Gasteiger charge is 2.13. The zero-order valence-corrected chi connectivity index (χ0v) is 11.4. The maximum absolute atomic E-state index is 13.8. The maximum Gasteiger partial charge on any atom is 0.303 e. The topological polar surface area (TPSA) is 55.8 Å². The molecule has 0 aliphatic carbocycles. The van der Waals surface area contributed by atoms with Crippen molar-refractivity contribution >= 4 is 5.97 Å². The second-order valence-corrected chi connectivity index (χ2v) is 4.51. The second kappa shape index (κ2) is 6.97. The normalized spacial score (nSPS) is 10.6. The highest BCUT2D eigenvalue weighted by Crippen LogP contribution is 2.31. The summed E-state index contributed by atoms with van der Waals surface area (Å²) in [6, 6.07) is 2.85. The molecule has 1 rings (SSSR count). The van der Waals surface area contributed by atoms with Gasteiger partial charge >= 0.3 is 5.97 Å². The molecule has 5 heteroatoms. The molecule has 1 N–H and O–H groups in total. The van der Waals surface area contributed by atoms with Crippen LogP contribution in [-0.2, 0) is 11.2 Å². The Morgan fingerprint density at radius 3 is 2.58 bits per heavy atom. The molecule has 0 heterocycles. The Kier molecular flexibility index (Phi) is 5.60. The van der Waals surface area contributed by atoms with Crippen LogP contribution in [0.15, 0.2) is 12.1 Å². The first-order chi connectivity index (χ1) is 8.93. The molecule has 0 aromatic heterocycles. The van der Waals surface area contributed by atoms with Crippen LogP contribution in [0.1, 0.15) is 32.3 Å². The van der Waals surface area contributed by atoms with Crippen molar-refractivity contribution in [3.63, 3.8) is 0 Å². The fourth-order valence-corrected chi connectivity index (χ4v) is 1.70. The van der Waals surface area contributed by atoms with E-state index in [0.717, 1.165) is 0 Å². The van der Waals surface area contributed by atoms with E-state index in [-0.39, 0.29) is 12.5 Å². The van der Waals surface area contributed by atoms with Crippen molar-refractivity contribution in [2.75, 3.05) is 7.11 Å². The average molecular weight is 270 g/mol. The maximum atomic E-state index is 13.8. The number of hydrogen-bond acceptors (Lipinski definition) is 3. The predicted octanol–water partition coefficient (Wildman–Crippen LogP) is 3.03. The van der Waals surface area contributed by atoms with Gasteiger partial charge in [-0.2, -0.15) is 0 Å². The average Bonchev–Trinajstić information content (AvgIpc) is 2.31. The smallest absolute Gasteiger partial charge is 0.303 e. The van der Waals surface area contributed by atoms with Crippen LogP contribution in [0.3, 0.4) is 0 Å². The van der Waals surface area contributed by atoms with Crippen LogP contribution < -0.4 is 9.47 Å². The molecule has 0 saturated heterocycles. The number of carboxylic acid groups (broad SMARTS) is 1. The monoisotopic (exact) mass is 270 g/mol. The van der Waals surface area contributed by atoms with Gasteiger partial charge in [-0.15, -0.1) is 0 Å². The van der Waals surface area contributed by atoms with E-state index in [2.05, 4.69) is 0 Å². The van der Waals surface area contributed by atoms with Gasteiger partial charge in [0.15, 0.2) is 11.5 Å².